The molecule has 0 saturated carbocycles. The Kier molecular flexibility index (Phi) is 2.41. The molecule has 0 fully saturated rings. The van der Waals surface area contributed by atoms with Gasteiger partial charge < -0.3 is 9.47 Å². The van der Waals surface area contributed by atoms with E-state index in [2.05, 4.69) is 13.2 Å². The molecule has 1 aliphatic rings. The summed E-state index contributed by atoms with van der Waals surface area (Å²) in [6.07, 6.45) is 1.72. The van der Waals surface area contributed by atoms with Gasteiger partial charge in [0.1, 0.15) is 0 Å². The van der Waals surface area contributed by atoms with E-state index in [1.54, 1.807) is 6.08 Å². The van der Waals surface area contributed by atoms with Crippen LogP contribution < -0.4 is 9.47 Å². The minimum Gasteiger partial charge on any atom is -0.450 e. The Morgan fingerprint density at radius 2 is 1.50 bits per heavy atom. The fourth-order valence-corrected chi connectivity index (χ4v) is 1.85. The molecule has 2 aromatic carbocycles. The van der Waals surface area contributed by atoms with Crippen LogP contribution in [0.15, 0.2) is 61.7 Å². The van der Waals surface area contributed by atoms with Crippen LogP contribution in [0.5, 0.6) is 23.0 Å². The summed E-state index contributed by atoms with van der Waals surface area (Å²) in [5.41, 5.74) is 1.84. The third kappa shape index (κ3) is 1.68. The number of para-hydroxylation sites is 2. The number of rotatable bonds is 2. The van der Waals surface area contributed by atoms with Crippen molar-refractivity contribution in [2.45, 2.75) is 0 Å². The highest BCUT2D eigenvalue weighted by Crippen LogP contribution is 2.45. The van der Waals surface area contributed by atoms with Crippen LogP contribution in [0.3, 0.4) is 0 Å². The van der Waals surface area contributed by atoms with E-state index in [1.165, 1.54) is 0 Å². The normalized spacial score (nSPS) is 11.6. The molecule has 0 spiro atoms. The van der Waals surface area contributed by atoms with Gasteiger partial charge in [0, 0.05) is 0 Å². The van der Waals surface area contributed by atoms with Gasteiger partial charge in [-0.15, -0.1) is 0 Å². The topological polar surface area (TPSA) is 18.5 Å². The standard InChI is InChI=1S/C16H12O2/c1-3-11(2)12-8-9-15-16(10-12)18-14-7-5-4-6-13(14)17-15/h3-10H,1-2H2. The van der Waals surface area contributed by atoms with Crippen molar-refractivity contribution in [1.82, 2.24) is 0 Å². The summed E-state index contributed by atoms with van der Waals surface area (Å²) in [6, 6.07) is 13.3. The summed E-state index contributed by atoms with van der Waals surface area (Å²) in [4.78, 5) is 0. The van der Waals surface area contributed by atoms with Gasteiger partial charge in [0.05, 0.1) is 0 Å². The maximum absolute atomic E-state index is 5.81. The van der Waals surface area contributed by atoms with Crippen molar-refractivity contribution < 1.29 is 9.47 Å². The molecule has 0 amide bonds. The Labute approximate surface area is 106 Å². The smallest absolute Gasteiger partial charge is 0.170 e. The van der Waals surface area contributed by atoms with Crippen LogP contribution in [-0.2, 0) is 0 Å². The lowest BCUT2D eigenvalue weighted by Gasteiger charge is -2.20. The lowest BCUT2D eigenvalue weighted by Crippen LogP contribution is -1.99. The molecule has 0 radical (unpaired) electrons. The SMILES string of the molecule is C=CC(=C)c1ccc2c(c1)Oc1ccccc1O2. The van der Waals surface area contributed by atoms with E-state index < -0.39 is 0 Å². The molecular formula is C16H12O2. The van der Waals surface area contributed by atoms with Gasteiger partial charge in [-0.25, -0.2) is 0 Å². The van der Waals surface area contributed by atoms with E-state index in [0.717, 1.165) is 22.6 Å². The molecule has 88 valence electrons. The zero-order valence-corrected chi connectivity index (χ0v) is 9.85. The monoisotopic (exact) mass is 236 g/mol. The van der Waals surface area contributed by atoms with E-state index in [9.17, 15) is 0 Å². The third-order valence-corrected chi connectivity index (χ3v) is 2.85. The Morgan fingerprint density at radius 3 is 2.17 bits per heavy atom. The number of hydrogen-bond donors (Lipinski definition) is 0. The first-order valence-corrected chi connectivity index (χ1v) is 5.68. The highest BCUT2D eigenvalue weighted by Gasteiger charge is 2.18. The van der Waals surface area contributed by atoms with Gasteiger partial charge >= 0.3 is 0 Å². The van der Waals surface area contributed by atoms with E-state index in [0.29, 0.717) is 11.5 Å². The van der Waals surface area contributed by atoms with Crippen molar-refractivity contribution in [3.05, 3.63) is 67.3 Å². The van der Waals surface area contributed by atoms with Crippen LogP contribution in [0, 0.1) is 0 Å². The minimum absolute atomic E-state index is 0.703. The molecular weight excluding hydrogens is 224 g/mol. The second kappa shape index (κ2) is 4.08. The molecule has 2 nitrogen and oxygen atoms in total. The van der Waals surface area contributed by atoms with Crippen LogP contribution in [0.25, 0.3) is 5.57 Å². The molecule has 1 heterocycles. The predicted octanol–water partition coefficient (Wildman–Crippen LogP) is 4.78. The fraction of sp³-hybridized carbons (Fsp3) is 0. The van der Waals surface area contributed by atoms with Gasteiger partial charge in [-0.1, -0.05) is 37.4 Å². The van der Waals surface area contributed by atoms with Crippen LogP contribution in [0.2, 0.25) is 0 Å². The number of allylic oxidation sites excluding steroid dienone is 2. The summed E-state index contributed by atoms with van der Waals surface area (Å²) in [5.74, 6) is 2.88. The van der Waals surface area contributed by atoms with Crippen LogP contribution in [-0.4, -0.2) is 0 Å². The maximum Gasteiger partial charge on any atom is 0.170 e. The van der Waals surface area contributed by atoms with Gasteiger partial charge in [0.2, 0.25) is 0 Å². The highest BCUT2D eigenvalue weighted by molar-refractivity contribution is 5.73. The molecule has 3 rings (SSSR count). The minimum atomic E-state index is 0.703. The largest absolute Gasteiger partial charge is 0.450 e. The average Bonchev–Trinajstić information content (AvgIpc) is 2.43. The van der Waals surface area contributed by atoms with Crippen molar-refractivity contribution in [3.63, 3.8) is 0 Å². The quantitative estimate of drug-likeness (QED) is 0.596. The lowest BCUT2D eigenvalue weighted by atomic mass is 10.1. The van der Waals surface area contributed by atoms with E-state index in [1.807, 2.05) is 42.5 Å². The molecule has 1 aliphatic heterocycles. The summed E-state index contributed by atoms with van der Waals surface area (Å²) < 4.78 is 11.6. The van der Waals surface area contributed by atoms with E-state index in [-0.39, 0.29) is 0 Å². The number of hydrogen-bond acceptors (Lipinski definition) is 2. The zero-order chi connectivity index (χ0) is 12.5. The average molecular weight is 236 g/mol. The summed E-state index contributed by atoms with van der Waals surface area (Å²) in [7, 11) is 0. The molecule has 0 bridgehead atoms. The molecule has 0 N–H and O–H groups in total. The maximum atomic E-state index is 5.81. The molecule has 0 aromatic heterocycles. The highest BCUT2D eigenvalue weighted by atomic mass is 16.6. The lowest BCUT2D eigenvalue weighted by molar-refractivity contribution is 0.359. The second-order valence-electron chi connectivity index (χ2n) is 4.04. The number of fused-ring (bicyclic) bond motifs is 2. The summed E-state index contributed by atoms with van der Waals surface area (Å²) in [5, 5.41) is 0. The Hall–Kier alpha value is -2.48. The first-order chi connectivity index (χ1) is 8.78. The van der Waals surface area contributed by atoms with Gasteiger partial charge in [-0.3, -0.25) is 0 Å². The molecule has 18 heavy (non-hydrogen) atoms. The molecule has 0 atom stereocenters. The van der Waals surface area contributed by atoms with Crippen molar-refractivity contribution in [2.75, 3.05) is 0 Å². The number of benzene rings is 2. The summed E-state index contributed by atoms with van der Waals surface area (Å²) in [6.45, 7) is 7.64. The Morgan fingerprint density at radius 1 is 0.889 bits per heavy atom. The van der Waals surface area contributed by atoms with E-state index >= 15 is 0 Å². The first-order valence-electron chi connectivity index (χ1n) is 5.68. The number of ether oxygens (including phenoxy) is 2. The molecule has 2 heteroatoms. The predicted molar refractivity (Wildman–Crippen MR) is 72.3 cm³/mol. The molecule has 0 aliphatic carbocycles. The van der Waals surface area contributed by atoms with Crippen molar-refractivity contribution in [3.8, 4) is 23.0 Å². The van der Waals surface area contributed by atoms with Gasteiger partial charge in [0.25, 0.3) is 0 Å². The van der Waals surface area contributed by atoms with Crippen LogP contribution in [0.4, 0.5) is 0 Å². The Bertz CT molecular complexity index is 641. The van der Waals surface area contributed by atoms with Gasteiger partial charge in [0.15, 0.2) is 23.0 Å². The van der Waals surface area contributed by atoms with Gasteiger partial charge in [-0.05, 0) is 35.4 Å². The van der Waals surface area contributed by atoms with Gasteiger partial charge in [-0.2, -0.15) is 0 Å². The van der Waals surface area contributed by atoms with Crippen molar-refractivity contribution >= 4 is 5.57 Å². The van der Waals surface area contributed by atoms with Crippen molar-refractivity contribution in [1.29, 1.82) is 0 Å². The zero-order valence-electron chi connectivity index (χ0n) is 9.85. The molecule has 2 aromatic rings. The Balaban J connectivity index is 2.03. The van der Waals surface area contributed by atoms with Crippen molar-refractivity contribution in [2.24, 2.45) is 0 Å². The molecule has 0 unspecified atom stereocenters. The first kappa shape index (κ1) is 10.7. The van der Waals surface area contributed by atoms with Crippen LogP contribution >= 0.6 is 0 Å². The van der Waals surface area contributed by atoms with Crippen LogP contribution in [0.1, 0.15) is 5.56 Å². The third-order valence-electron chi connectivity index (χ3n) is 2.85. The molecule has 0 saturated heterocycles. The summed E-state index contributed by atoms with van der Waals surface area (Å²) >= 11 is 0. The second-order valence-corrected chi connectivity index (χ2v) is 4.04. The van der Waals surface area contributed by atoms with E-state index in [4.69, 9.17) is 9.47 Å². The fourth-order valence-electron chi connectivity index (χ4n) is 1.85.